The van der Waals surface area contributed by atoms with Gasteiger partial charge >= 0.3 is 0 Å². The Bertz CT molecular complexity index is 460. The predicted molar refractivity (Wildman–Crippen MR) is 57.2 cm³/mol. The molecule has 0 N–H and O–H groups in total. The molecule has 0 aliphatic heterocycles. The minimum Gasteiger partial charge on any atom is -0.265 e. The first-order valence-electron chi connectivity index (χ1n) is 4.35. The SMILES string of the molecule is Cc1nn(C)[c]c1-c1cccc(Cl)c1. The largest absolute Gasteiger partial charge is 0.265 e. The molecule has 1 aromatic carbocycles. The third kappa shape index (κ3) is 1.66. The highest BCUT2D eigenvalue weighted by molar-refractivity contribution is 6.30. The molecule has 1 heterocycles. The van der Waals surface area contributed by atoms with Gasteiger partial charge in [0.1, 0.15) is 0 Å². The van der Waals surface area contributed by atoms with Gasteiger partial charge in [0.05, 0.1) is 11.9 Å². The number of hydrogen-bond donors (Lipinski definition) is 0. The van der Waals surface area contributed by atoms with E-state index in [0.29, 0.717) is 0 Å². The molecule has 14 heavy (non-hydrogen) atoms. The van der Waals surface area contributed by atoms with Gasteiger partial charge in [0.15, 0.2) is 0 Å². The molecule has 0 bridgehead atoms. The van der Waals surface area contributed by atoms with Crippen LogP contribution in [-0.4, -0.2) is 9.78 Å². The van der Waals surface area contributed by atoms with Gasteiger partial charge in [-0.15, -0.1) is 0 Å². The minimum absolute atomic E-state index is 0.735. The highest BCUT2D eigenvalue weighted by Crippen LogP contribution is 2.24. The summed E-state index contributed by atoms with van der Waals surface area (Å²) in [5.41, 5.74) is 3.04. The summed E-state index contributed by atoms with van der Waals surface area (Å²) in [4.78, 5) is 0. The molecule has 1 aromatic heterocycles. The lowest BCUT2D eigenvalue weighted by atomic mass is 10.1. The van der Waals surface area contributed by atoms with Crippen LogP contribution >= 0.6 is 11.6 Å². The number of nitrogens with zero attached hydrogens (tertiary/aromatic N) is 2. The van der Waals surface area contributed by atoms with E-state index in [1.165, 1.54) is 0 Å². The van der Waals surface area contributed by atoms with Gasteiger partial charge in [0, 0.05) is 17.6 Å². The number of halogens is 1. The molecule has 2 rings (SSSR count). The second kappa shape index (κ2) is 3.46. The molecule has 0 aliphatic rings. The molecular weight excluding hydrogens is 196 g/mol. The van der Waals surface area contributed by atoms with Crippen LogP contribution in [0.2, 0.25) is 5.02 Å². The Labute approximate surface area is 88.1 Å². The van der Waals surface area contributed by atoms with Crippen molar-refractivity contribution in [3.63, 3.8) is 0 Å². The standard InChI is InChI=1S/C11H10ClN2/c1-8-11(7-14(2)13-8)9-4-3-5-10(12)6-9/h3-6H,1-2H3. The molecule has 0 amide bonds. The quantitative estimate of drug-likeness (QED) is 0.700. The number of aryl methyl sites for hydroxylation is 2. The molecule has 0 unspecified atom stereocenters. The Morgan fingerprint density at radius 1 is 1.43 bits per heavy atom. The number of aromatic nitrogens is 2. The molecule has 0 saturated carbocycles. The lowest BCUT2D eigenvalue weighted by molar-refractivity contribution is 0.751. The topological polar surface area (TPSA) is 17.8 Å². The van der Waals surface area contributed by atoms with E-state index in [9.17, 15) is 0 Å². The van der Waals surface area contributed by atoms with Crippen molar-refractivity contribution in [2.24, 2.45) is 7.05 Å². The van der Waals surface area contributed by atoms with Crippen LogP contribution in [-0.2, 0) is 7.05 Å². The zero-order chi connectivity index (χ0) is 10.1. The van der Waals surface area contributed by atoms with Gasteiger partial charge in [-0.3, -0.25) is 4.68 Å². The number of hydrogen-bond acceptors (Lipinski definition) is 1. The second-order valence-corrected chi connectivity index (χ2v) is 3.64. The van der Waals surface area contributed by atoms with Gasteiger partial charge in [-0.05, 0) is 24.6 Å². The van der Waals surface area contributed by atoms with E-state index in [1.54, 1.807) is 4.68 Å². The molecule has 0 aliphatic carbocycles. The van der Waals surface area contributed by atoms with E-state index in [0.717, 1.165) is 21.8 Å². The fraction of sp³-hybridized carbons (Fsp3) is 0.182. The second-order valence-electron chi connectivity index (χ2n) is 3.21. The summed E-state index contributed by atoms with van der Waals surface area (Å²) in [7, 11) is 1.86. The average molecular weight is 206 g/mol. The Balaban J connectivity index is 2.54. The molecule has 1 radical (unpaired) electrons. The van der Waals surface area contributed by atoms with Crippen molar-refractivity contribution in [1.29, 1.82) is 0 Å². The van der Waals surface area contributed by atoms with E-state index in [2.05, 4.69) is 11.3 Å². The molecule has 2 aromatic rings. The molecule has 71 valence electrons. The third-order valence-corrected chi connectivity index (χ3v) is 2.28. The van der Waals surface area contributed by atoms with Crippen LogP contribution in [0.15, 0.2) is 24.3 Å². The first-order valence-corrected chi connectivity index (χ1v) is 4.73. The first-order chi connectivity index (χ1) is 6.66. The van der Waals surface area contributed by atoms with E-state index in [-0.39, 0.29) is 0 Å². The van der Waals surface area contributed by atoms with Crippen molar-refractivity contribution in [1.82, 2.24) is 9.78 Å². The Morgan fingerprint density at radius 2 is 2.21 bits per heavy atom. The van der Waals surface area contributed by atoms with Crippen LogP contribution in [0, 0.1) is 13.1 Å². The Morgan fingerprint density at radius 3 is 2.79 bits per heavy atom. The van der Waals surface area contributed by atoms with Crippen LogP contribution in [0.3, 0.4) is 0 Å². The summed E-state index contributed by atoms with van der Waals surface area (Å²) in [6.45, 7) is 1.97. The van der Waals surface area contributed by atoms with Crippen LogP contribution in [0.25, 0.3) is 11.1 Å². The van der Waals surface area contributed by atoms with Crippen molar-refractivity contribution in [3.05, 3.63) is 41.2 Å². The average Bonchev–Trinajstić information content (AvgIpc) is 2.45. The molecule has 3 heteroatoms. The normalized spacial score (nSPS) is 10.5. The first kappa shape index (κ1) is 9.28. The predicted octanol–water partition coefficient (Wildman–Crippen LogP) is 2.85. The van der Waals surface area contributed by atoms with Crippen LogP contribution in [0.4, 0.5) is 0 Å². The van der Waals surface area contributed by atoms with Gasteiger partial charge in [0.2, 0.25) is 0 Å². The van der Waals surface area contributed by atoms with Crippen LogP contribution in [0.1, 0.15) is 5.69 Å². The highest BCUT2D eigenvalue weighted by atomic mass is 35.5. The van der Waals surface area contributed by atoms with Gasteiger partial charge in [-0.25, -0.2) is 0 Å². The Hall–Kier alpha value is -1.28. The van der Waals surface area contributed by atoms with Crippen molar-refractivity contribution < 1.29 is 0 Å². The monoisotopic (exact) mass is 205 g/mol. The van der Waals surface area contributed by atoms with Crippen molar-refractivity contribution in [2.45, 2.75) is 6.92 Å². The van der Waals surface area contributed by atoms with Gasteiger partial charge in [-0.2, -0.15) is 5.10 Å². The Kier molecular flexibility index (Phi) is 2.30. The maximum atomic E-state index is 5.91. The summed E-state index contributed by atoms with van der Waals surface area (Å²) >= 11 is 5.91. The van der Waals surface area contributed by atoms with E-state index in [4.69, 9.17) is 11.6 Å². The van der Waals surface area contributed by atoms with E-state index < -0.39 is 0 Å². The summed E-state index contributed by atoms with van der Waals surface area (Å²) < 4.78 is 1.69. The third-order valence-electron chi connectivity index (χ3n) is 2.05. The van der Waals surface area contributed by atoms with Gasteiger partial charge < -0.3 is 0 Å². The molecule has 0 spiro atoms. The smallest absolute Gasteiger partial charge is 0.0947 e. The maximum absolute atomic E-state index is 5.91. The summed E-state index contributed by atoms with van der Waals surface area (Å²) in [5, 5.41) is 4.97. The van der Waals surface area contributed by atoms with Gasteiger partial charge in [-0.1, -0.05) is 23.7 Å². The zero-order valence-electron chi connectivity index (χ0n) is 8.08. The van der Waals surface area contributed by atoms with Gasteiger partial charge in [0.25, 0.3) is 0 Å². The summed E-state index contributed by atoms with van der Waals surface area (Å²) in [5.74, 6) is 0. The minimum atomic E-state index is 0.735. The molecular formula is C11H10ClN2. The van der Waals surface area contributed by atoms with Crippen molar-refractivity contribution in [2.75, 3.05) is 0 Å². The number of benzene rings is 1. The maximum Gasteiger partial charge on any atom is 0.0947 e. The lowest BCUT2D eigenvalue weighted by Gasteiger charge is -1.98. The molecule has 2 nitrogen and oxygen atoms in total. The van der Waals surface area contributed by atoms with Crippen molar-refractivity contribution in [3.8, 4) is 11.1 Å². The zero-order valence-corrected chi connectivity index (χ0v) is 8.84. The number of rotatable bonds is 1. The molecule has 0 fully saturated rings. The highest BCUT2D eigenvalue weighted by Gasteiger charge is 2.06. The lowest BCUT2D eigenvalue weighted by Crippen LogP contribution is -1.86. The van der Waals surface area contributed by atoms with E-state index in [1.807, 2.05) is 38.2 Å². The summed E-state index contributed by atoms with van der Waals surface area (Å²) in [6, 6.07) is 7.71. The fourth-order valence-electron chi connectivity index (χ4n) is 1.46. The molecule has 0 atom stereocenters. The van der Waals surface area contributed by atoms with E-state index >= 15 is 0 Å². The van der Waals surface area contributed by atoms with Crippen molar-refractivity contribution >= 4 is 11.6 Å². The molecule has 0 saturated heterocycles. The fourth-order valence-corrected chi connectivity index (χ4v) is 1.65. The van der Waals surface area contributed by atoms with Crippen LogP contribution < -0.4 is 0 Å². The van der Waals surface area contributed by atoms with Crippen LogP contribution in [0.5, 0.6) is 0 Å². The summed E-state index contributed by atoms with van der Waals surface area (Å²) in [6.07, 6.45) is 3.13.